The molecule has 1 heterocycles. The van der Waals surface area contributed by atoms with Gasteiger partial charge in [-0.15, -0.1) is 0 Å². The van der Waals surface area contributed by atoms with Crippen LogP contribution in [0.1, 0.15) is 18.4 Å². The van der Waals surface area contributed by atoms with Gasteiger partial charge in [0.05, 0.1) is 0 Å². The lowest BCUT2D eigenvalue weighted by atomic mass is 9.90. The second-order valence-corrected chi connectivity index (χ2v) is 4.88. The number of benzene rings is 1. The van der Waals surface area contributed by atoms with Gasteiger partial charge in [0.25, 0.3) is 0 Å². The summed E-state index contributed by atoms with van der Waals surface area (Å²) in [5.74, 6) is -1.99. The summed E-state index contributed by atoms with van der Waals surface area (Å²) in [5, 5.41) is 11.8. The second kappa shape index (κ2) is 6.49. The van der Waals surface area contributed by atoms with Crippen molar-refractivity contribution in [3.05, 3.63) is 41.7 Å². The fourth-order valence-electron chi connectivity index (χ4n) is 2.17. The molecule has 0 bridgehead atoms. The maximum Gasteiger partial charge on any atom is 0.329 e. The normalized spacial score (nSPS) is 17.6. The Labute approximate surface area is 121 Å². The summed E-state index contributed by atoms with van der Waals surface area (Å²) in [6, 6.07) is 5.77. The lowest BCUT2D eigenvalue weighted by molar-refractivity contribution is -0.151. The second-order valence-electron chi connectivity index (χ2n) is 4.88. The monoisotopic (exact) mass is 293 g/mol. The molecule has 0 unspecified atom stereocenters. The Morgan fingerprint density at radius 2 is 2.05 bits per heavy atom. The lowest BCUT2D eigenvalue weighted by Crippen LogP contribution is -2.57. The van der Waals surface area contributed by atoms with E-state index in [1.165, 1.54) is 30.4 Å². The van der Waals surface area contributed by atoms with Gasteiger partial charge >= 0.3 is 5.97 Å². The third kappa shape index (κ3) is 3.88. The maximum absolute atomic E-state index is 13.0. The molecule has 1 aromatic carbocycles. The Balaban J connectivity index is 2.04. The van der Waals surface area contributed by atoms with E-state index in [0.717, 1.165) is 0 Å². The van der Waals surface area contributed by atoms with E-state index >= 15 is 0 Å². The Bertz CT molecular complexity index is 565. The van der Waals surface area contributed by atoms with Crippen molar-refractivity contribution in [2.45, 2.75) is 18.4 Å². The molecule has 21 heavy (non-hydrogen) atoms. The molecule has 2 rings (SSSR count). The highest BCUT2D eigenvalue weighted by Crippen LogP contribution is 2.21. The average Bonchev–Trinajstić information content (AvgIpc) is 2.46. The summed E-state index contributed by atoms with van der Waals surface area (Å²) < 4.78 is 18.1. The zero-order valence-corrected chi connectivity index (χ0v) is 11.3. The van der Waals surface area contributed by atoms with E-state index in [9.17, 15) is 19.1 Å². The molecule has 1 amide bonds. The molecule has 0 saturated carbocycles. The van der Waals surface area contributed by atoms with Crippen molar-refractivity contribution in [2.24, 2.45) is 0 Å². The van der Waals surface area contributed by atoms with Crippen LogP contribution < -0.4 is 5.32 Å². The van der Waals surface area contributed by atoms with E-state index in [-0.39, 0.29) is 12.8 Å². The summed E-state index contributed by atoms with van der Waals surface area (Å²) in [4.78, 5) is 23.3. The average molecular weight is 293 g/mol. The molecule has 1 aromatic rings. The fraction of sp³-hybridized carbons (Fsp3) is 0.333. The first-order chi connectivity index (χ1) is 10.0. The van der Waals surface area contributed by atoms with E-state index in [1.807, 2.05) is 0 Å². The van der Waals surface area contributed by atoms with E-state index in [0.29, 0.717) is 18.8 Å². The summed E-state index contributed by atoms with van der Waals surface area (Å²) in [6.45, 7) is 0.584. The molecule has 0 spiro atoms. The van der Waals surface area contributed by atoms with Crippen LogP contribution in [0.15, 0.2) is 30.3 Å². The molecule has 112 valence electrons. The van der Waals surface area contributed by atoms with Gasteiger partial charge in [0.15, 0.2) is 0 Å². The van der Waals surface area contributed by atoms with Gasteiger partial charge in [-0.1, -0.05) is 12.1 Å². The Morgan fingerprint density at radius 1 is 1.33 bits per heavy atom. The molecular formula is C15H16FNO4. The number of carbonyl (C=O) groups excluding carboxylic acids is 1. The zero-order chi connectivity index (χ0) is 15.3. The quantitative estimate of drug-likeness (QED) is 0.827. The van der Waals surface area contributed by atoms with Crippen molar-refractivity contribution < 1.29 is 23.8 Å². The third-order valence-corrected chi connectivity index (χ3v) is 3.39. The molecule has 2 N–H and O–H groups in total. The number of carbonyl (C=O) groups is 2. The first-order valence-corrected chi connectivity index (χ1v) is 6.59. The minimum absolute atomic E-state index is 0.224. The van der Waals surface area contributed by atoms with Crippen molar-refractivity contribution in [3.8, 4) is 0 Å². The predicted molar refractivity (Wildman–Crippen MR) is 74.0 cm³/mol. The van der Waals surface area contributed by atoms with Crippen LogP contribution in [0.5, 0.6) is 0 Å². The molecule has 0 aromatic heterocycles. The van der Waals surface area contributed by atoms with Gasteiger partial charge < -0.3 is 15.2 Å². The summed E-state index contributed by atoms with van der Waals surface area (Å²) in [7, 11) is 0. The van der Waals surface area contributed by atoms with Crippen molar-refractivity contribution in [2.75, 3.05) is 13.2 Å². The zero-order valence-electron chi connectivity index (χ0n) is 11.3. The molecule has 0 atom stereocenters. The number of hydrogen-bond donors (Lipinski definition) is 2. The fourth-order valence-corrected chi connectivity index (χ4v) is 2.17. The molecule has 1 aliphatic heterocycles. The summed E-state index contributed by atoms with van der Waals surface area (Å²) in [5.41, 5.74) is -0.761. The number of amides is 1. The van der Waals surface area contributed by atoms with Gasteiger partial charge in [0.2, 0.25) is 5.91 Å². The van der Waals surface area contributed by atoms with Crippen LogP contribution >= 0.6 is 0 Å². The molecule has 0 radical (unpaired) electrons. The van der Waals surface area contributed by atoms with Crippen molar-refractivity contribution in [1.29, 1.82) is 0 Å². The van der Waals surface area contributed by atoms with E-state index in [4.69, 9.17) is 4.74 Å². The largest absolute Gasteiger partial charge is 0.480 e. The van der Waals surface area contributed by atoms with Gasteiger partial charge in [0.1, 0.15) is 11.4 Å². The SMILES string of the molecule is O=C(/C=C/c1cccc(F)c1)NC1(C(=O)O)CCOCC1. The van der Waals surface area contributed by atoms with Crippen molar-refractivity contribution in [1.82, 2.24) is 5.32 Å². The molecular weight excluding hydrogens is 277 g/mol. The van der Waals surface area contributed by atoms with Gasteiger partial charge in [0, 0.05) is 32.1 Å². The molecule has 5 nitrogen and oxygen atoms in total. The highest BCUT2D eigenvalue weighted by atomic mass is 19.1. The minimum Gasteiger partial charge on any atom is -0.480 e. The number of ether oxygens (including phenoxy) is 1. The highest BCUT2D eigenvalue weighted by Gasteiger charge is 2.41. The number of carboxylic acid groups (broad SMARTS) is 1. The van der Waals surface area contributed by atoms with Crippen LogP contribution in [-0.2, 0) is 14.3 Å². The first-order valence-electron chi connectivity index (χ1n) is 6.59. The van der Waals surface area contributed by atoms with E-state index < -0.39 is 23.2 Å². The van der Waals surface area contributed by atoms with Gasteiger partial charge in [-0.3, -0.25) is 4.79 Å². The Hall–Kier alpha value is -2.21. The van der Waals surface area contributed by atoms with Crippen LogP contribution in [0.25, 0.3) is 6.08 Å². The van der Waals surface area contributed by atoms with Crippen molar-refractivity contribution in [3.63, 3.8) is 0 Å². The molecule has 0 aliphatic carbocycles. The van der Waals surface area contributed by atoms with E-state index in [1.54, 1.807) is 6.07 Å². The predicted octanol–water partition coefficient (Wildman–Crippen LogP) is 1.59. The van der Waals surface area contributed by atoms with E-state index in [2.05, 4.69) is 5.32 Å². The number of aliphatic carboxylic acids is 1. The third-order valence-electron chi connectivity index (χ3n) is 3.39. The van der Waals surface area contributed by atoms with Crippen LogP contribution in [0.4, 0.5) is 4.39 Å². The molecule has 6 heteroatoms. The highest BCUT2D eigenvalue weighted by molar-refractivity contribution is 5.95. The Morgan fingerprint density at radius 3 is 2.67 bits per heavy atom. The number of halogens is 1. The Kier molecular flexibility index (Phi) is 4.70. The molecule has 1 fully saturated rings. The maximum atomic E-state index is 13.0. The van der Waals surface area contributed by atoms with Crippen LogP contribution in [0.3, 0.4) is 0 Å². The number of rotatable bonds is 4. The number of carboxylic acids is 1. The standard InChI is InChI=1S/C15H16FNO4/c16-12-3-1-2-11(10-12)4-5-13(18)17-15(14(19)20)6-8-21-9-7-15/h1-5,10H,6-9H2,(H,17,18)(H,19,20)/b5-4+. The summed E-state index contributed by atoms with van der Waals surface area (Å²) >= 11 is 0. The van der Waals surface area contributed by atoms with Gasteiger partial charge in [-0.25, -0.2) is 9.18 Å². The number of hydrogen-bond acceptors (Lipinski definition) is 3. The van der Waals surface area contributed by atoms with Crippen LogP contribution in [0.2, 0.25) is 0 Å². The topological polar surface area (TPSA) is 75.6 Å². The minimum atomic E-state index is -1.29. The van der Waals surface area contributed by atoms with Crippen molar-refractivity contribution >= 4 is 18.0 Å². The molecule has 1 saturated heterocycles. The van der Waals surface area contributed by atoms with Gasteiger partial charge in [-0.05, 0) is 23.8 Å². The first kappa shape index (κ1) is 15.2. The summed E-state index contributed by atoms with van der Waals surface area (Å²) in [6.07, 6.45) is 3.09. The lowest BCUT2D eigenvalue weighted by Gasteiger charge is -2.33. The van der Waals surface area contributed by atoms with Gasteiger partial charge in [-0.2, -0.15) is 0 Å². The van der Waals surface area contributed by atoms with Crippen LogP contribution in [-0.4, -0.2) is 35.7 Å². The molecule has 1 aliphatic rings. The van der Waals surface area contributed by atoms with Crippen LogP contribution in [0, 0.1) is 5.82 Å². The number of nitrogens with one attached hydrogen (secondary N) is 1. The smallest absolute Gasteiger partial charge is 0.329 e.